The van der Waals surface area contributed by atoms with Gasteiger partial charge in [-0.3, -0.25) is 9.59 Å². The summed E-state index contributed by atoms with van der Waals surface area (Å²) in [5, 5.41) is 11.7. The highest BCUT2D eigenvalue weighted by Gasteiger charge is 2.16. The summed E-state index contributed by atoms with van der Waals surface area (Å²) < 4.78 is 12.0. The van der Waals surface area contributed by atoms with E-state index in [4.69, 9.17) is 14.6 Å². The SMILES string of the molecule is Cc1cc(NC(=O)c2ccccc2OCCCC(=O)O)cc(C)c1OC(C)c1ccc(CC(C)C)cc1. The average Bonchev–Trinajstić information content (AvgIpc) is 2.84. The number of carbonyl (C=O) groups is 2. The molecular formula is C31H37NO5. The molecule has 0 saturated heterocycles. The van der Waals surface area contributed by atoms with Gasteiger partial charge in [0.1, 0.15) is 17.6 Å². The maximum Gasteiger partial charge on any atom is 0.303 e. The van der Waals surface area contributed by atoms with Crippen molar-refractivity contribution in [1.29, 1.82) is 0 Å². The third-order valence-corrected chi connectivity index (χ3v) is 6.03. The number of aryl methyl sites for hydroxylation is 2. The topological polar surface area (TPSA) is 84.9 Å². The van der Waals surface area contributed by atoms with Crippen LogP contribution in [0.5, 0.6) is 11.5 Å². The van der Waals surface area contributed by atoms with Gasteiger partial charge in [0.05, 0.1) is 12.2 Å². The zero-order valence-corrected chi connectivity index (χ0v) is 22.3. The van der Waals surface area contributed by atoms with Crippen LogP contribution in [0.3, 0.4) is 0 Å². The number of amides is 1. The van der Waals surface area contributed by atoms with Gasteiger partial charge in [0, 0.05) is 12.1 Å². The largest absolute Gasteiger partial charge is 0.493 e. The highest BCUT2D eigenvalue weighted by molar-refractivity contribution is 6.06. The predicted molar refractivity (Wildman–Crippen MR) is 147 cm³/mol. The lowest BCUT2D eigenvalue weighted by Crippen LogP contribution is -2.15. The van der Waals surface area contributed by atoms with Gasteiger partial charge in [-0.15, -0.1) is 0 Å². The summed E-state index contributed by atoms with van der Waals surface area (Å²) in [5.74, 6) is 0.678. The van der Waals surface area contributed by atoms with Crippen LogP contribution in [0.15, 0.2) is 60.7 Å². The summed E-state index contributed by atoms with van der Waals surface area (Å²) in [6, 6.07) is 19.3. The van der Waals surface area contributed by atoms with E-state index in [1.807, 2.05) is 32.9 Å². The van der Waals surface area contributed by atoms with E-state index in [2.05, 4.69) is 43.4 Å². The quantitative estimate of drug-likeness (QED) is 0.257. The molecule has 0 radical (unpaired) electrons. The Hall–Kier alpha value is -3.80. The van der Waals surface area contributed by atoms with Crippen LogP contribution in [0, 0.1) is 19.8 Å². The molecule has 2 N–H and O–H groups in total. The zero-order chi connectivity index (χ0) is 26.9. The number of benzene rings is 3. The van der Waals surface area contributed by atoms with Crippen molar-refractivity contribution in [3.05, 3.63) is 88.5 Å². The number of nitrogens with one attached hydrogen (secondary N) is 1. The molecule has 0 spiro atoms. The molecule has 0 fully saturated rings. The molecule has 3 aromatic rings. The van der Waals surface area contributed by atoms with Crippen LogP contribution in [0.4, 0.5) is 5.69 Å². The molecule has 0 aliphatic rings. The van der Waals surface area contributed by atoms with E-state index in [-0.39, 0.29) is 25.0 Å². The van der Waals surface area contributed by atoms with Crippen LogP contribution in [0.25, 0.3) is 0 Å². The molecule has 0 aromatic heterocycles. The van der Waals surface area contributed by atoms with Gasteiger partial charge in [-0.05, 0) is 86.1 Å². The first-order chi connectivity index (χ1) is 17.6. The van der Waals surface area contributed by atoms with Crippen LogP contribution in [0.1, 0.15) is 72.3 Å². The van der Waals surface area contributed by atoms with Gasteiger partial charge in [0.25, 0.3) is 5.91 Å². The van der Waals surface area contributed by atoms with Crippen molar-refractivity contribution in [3.8, 4) is 11.5 Å². The minimum Gasteiger partial charge on any atom is -0.493 e. The Labute approximate surface area is 219 Å². The van der Waals surface area contributed by atoms with Crippen molar-refractivity contribution in [3.63, 3.8) is 0 Å². The van der Waals surface area contributed by atoms with Crippen LogP contribution in [0.2, 0.25) is 0 Å². The monoisotopic (exact) mass is 503 g/mol. The lowest BCUT2D eigenvalue weighted by Gasteiger charge is -2.20. The third-order valence-electron chi connectivity index (χ3n) is 6.03. The van der Waals surface area contributed by atoms with Crippen LogP contribution in [-0.2, 0) is 11.2 Å². The number of hydrogen-bond acceptors (Lipinski definition) is 4. The van der Waals surface area contributed by atoms with Crippen molar-refractivity contribution < 1.29 is 24.2 Å². The predicted octanol–water partition coefficient (Wildman–Crippen LogP) is 7.14. The standard InChI is InChI=1S/C31H37NO5/c1-20(2)17-24-12-14-25(15-13-24)23(5)37-30-21(3)18-26(19-22(30)4)32-31(35)27-9-6-7-10-28(27)36-16-8-11-29(33)34/h6-7,9-10,12-15,18-20,23H,8,11,16-17H2,1-5H3,(H,32,35)(H,33,34). The van der Waals surface area contributed by atoms with Gasteiger partial charge in [-0.2, -0.15) is 0 Å². The smallest absolute Gasteiger partial charge is 0.303 e. The molecule has 1 amide bonds. The van der Waals surface area contributed by atoms with Crippen molar-refractivity contribution in [2.75, 3.05) is 11.9 Å². The molecule has 196 valence electrons. The van der Waals surface area contributed by atoms with Crippen molar-refractivity contribution in [1.82, 2.24) is 0 Å². The number of anilines is 1. The molecule has 1 atom stereocenters. The van der Waals surface area contributed by atoms with E-state index in [9.17, 15) is 9.59 Å². The molecule has 6 nitrogen and oxygen atoms in total. The van der Waals surface area contributed by atoms with Crippen LogP contribution in [-0.4, -0.2) is 23.6 Å². The fraction of sp³-hybridized carbons (Fsp3) is 0.355. The fourth-order valence-corrected chi connectivity index (χ4v) is 4.23. The molecule has 6 heteroatoms. The van der Waals surface area contributed by atoms with E-state index >= 15 is 0 Å². The highest BCUT2D eigenvalue weighted by atomic mass is 16.5. The molecule has 3 rings (SSSR count). The lowest BCUT2D eigenvalue weighted by molar-refractivity contribution is -0.137. The normalized spacial score (nSPS) is 11.7. The Morgan fingerprint density at radius 2 is 1.59 bits per heavy atom. The highest BCUT2D eigenvalue weighted by Crippen LogP contribution is 2.32. The number of rotatable bonds is 12. The summed E-state index contributed by atoms with van der Waals surface area (Å²) in [6.07, 6.45) is 1.33. The van der Waals surface area contributed by atoms with Crippen molar-refractivity contribution in [2.24, 2.45) is 5.92 Å². The first kappa shape index (κ1) is 27.8. The second kappa shape index (κ2) is 12.9. The summed E-state index contributed by atoms with van der Waals surface area (Å²) in [6.45, 7) is 10.6. The molecule has 0 aliphatic carbocycles. The minimum atomic E-state index is -0.873. The van der Waals surface area contributed by atoms with Crippen LogP contribution < -0.4 is 14.8 Å². The number of hydrogen-bond donors (Lipinski definition) is 2. The van der Waals surface area contributed by atoms with Gasteiger partial charge >= 0.3 is 5.97 Å². The second-order valence-corrected chi connectivity index (χ2v) is 9.83. The number of ether oxygens (including phenoxy) is 2. The third kappa shape index (κ3) is 8.10. The zero-order valence-electron chi connectivity index (χ0n) is 22.3. The Balaban J connectivity index is 1.68. The molecule has 0 saturated carbocycles. The van der Waals surface area contributed by atoms with Gasteiger partial charge in [0.2, 0.25) is 0 Å². The van der Waals surface area contributed by atoms with Crippen LogP contribution >= 0.6 is 0 Å². The van der Waals surface area contributed by atoms with E-state index in [1.54, 1.807) is 24.3 Å². The maximum absolute atomic E-state index is 13.0. The summed E-state index contributed by atoms with van der Waals surface area (Å²) in [4.78, 5) is 23.7. The lowest BCUT2D eigenvalue weighted by atomic mass is 10.0. The molecule has 0 heterocycles. The molecule has 0 bridgehead atoms. The number of para-hydroxylation sites is 1. The minimum absolute atomic E-state index is 0.0173. The maximum atomic E-state index is 13.0. The van der Waals surface area contributed by atoms with Gasteiger partial charge in [-0.25, -0.2) is 0 Å². The molecular weight excluding hydrogens is 466 g/mol. The summed E-state index contributed by atoms with van der Waals surface area (Å²) >= 11 is 0. The first-order valence-corrected chi connectivity index (χ1v) is 12.8. The van der Waals surface area contributed by atoms with E-state index < -0.39 is 5.97 Å². The Morgan fingerprint density at radius 1 is 0.946 bits per heavy atom. The van der Waals surface area contributed by atoms with Gasteiger partial charge in [-0.1, -0.05) is 50.2 Å². The van der Waals surface area contributed by atoms with Crippen molar-refractivity contribution >= 4 is 17.6 Å². The number of carboxylic acids is 1. The van der Waals surface area contributed by atoms with Crippen molar-refractivity contribution in [2.45, 2.75) is 60.0 Å². The molecule has 3 aromatic carbocycles. The second-order valence-electron chi connectivity index (χ2n) is 9.83. The Kier molecular flexibility index (Phi) is 9.72. The van der Waals surface area contributed by atoms with E-state index in [0.29, 0.717) is 29.3 Å². The van der Waals surface area contributed by atoms with Gasteiger partial charge < -0.3 is 19.9 Å². The molecule has 1 unspecified atom stereocenters. The Bertz CT molecular complexity index is 1190. The molecule has 0 aliphatic heterocycles. The summed E-state index contributed by atoms with van der Waals surface area (Å²) in [5.41, 5.74) is 5.35. The van der Waals surface area contributed by atoms with E-state index in [0.717, 1.165) is 28.9 Å². The number of carbonyl (C=O) groups excluding carboxylic acids is 1. The number of carboxylic acid groups (broad SMARTS) is 1. The average molecular weight is 504 g/mol. The molecule has 37 heavy (non-hydrogen) atoms. The van der Waals surface area contributed by atoms with E-state index in [1.165, 1.54) is 5.56 Å². The number of aliphatic carboxylic acids is 1. The summed E-state index contributed by atoms with van der Waals surface area (Å²) in [7, 11) is 0. The van der Waals surface area contributed by atoms with Gasteiger partial charge in [0.15, 0.2) is 0 Å². The first-order valence-electron chi connectivity index (χ1n) is 12.8. The fourth-order valence-electron chi connectivity index (χ4n) is 4.23. The Morgan fingerprint density at radius 3 is 2.22 bits per heavy atom.